The topological polar surface area (TPSA) is 70.5 Å². The average molecular weight is 288 g/mol. The zero-order valence-corrected chi connectivity index (χ0v) is 11.7. The van der Waals surface area contributed by atoms with Crippen LogP contribution >= 0.6 is 11.8 Å². The summed E-state index contributed by atoms with van der Waals surface area (Å²) in [5, 5.41) is 8.95. The Labute approximate surface area is 111 Å². The minimum absolute atomic E-state index is 0.0408. The summed E-state index contributed by atoms with van der Waals surface area (Å²) in [5.74, 6) is 1.84. The maximum Gasteiger partial charge on any atom is 0.260 e. The van der Waals surface area contributed by atoms with E-state index in [9.17, 15) is 8.42 Å². The van der Waals surface area contributed by atoms with Gasteiger partial charge in [-0.05, 0) is 23.8 Å². The minimum Gasteiger partial charge on any atom is -0.392 e. The molecule has 0 aromatic carbocycles. The van der Waals surface area contributed by atoms with E-state index in [0.29, 0.717) is 5.56 Å². The monoisotopic (exact) mass is 288 g/mol. The molecule has 5 nitrogen and oxygen atoms in total. The molecule has 1 atom stereocenters. The van der Waals surface area contributed by atoms with Gasteiger partial charge in [0.05, 0.1) is 6.61 Å². The summed E-state index contributed by atoms with van der Waals surface area (Å²) in [4.78, 5) is 3.92. The van der Waals surface area contributed by atoms with Gasteiger partial charge in [-0.25, -0.2) is 13.4 Å². The molecule has 1 fully saturated rings. The fourth-order valence-electron chi connectivity index (χ4n) is 1.81. The summed E-state index contributed by atoms with van der Waals surface area (Å²) in [5.41, 5.74) is 0.605. The third kappa shape index (κ3) is 2.69. The van der Waals surface area contributed by atoms with E-state index in [1.165, 1.54) is 16.6 Å². The number of sulfonamides is 1. The van der Waals surface area contributed by atoms with Gasteiger partial charge < -0.3 is 5.11 Å². The Bertz CT molecular complexity index is 496. The molecule has 0 radical (unpaired) electrons. The normalized spacial score (nSPS) is 20.5. The Kier molecular flexibility index (Phi) is 4.26. The largest absolute Gasteiger partial charge is 0.392 e. The smallest absolute Gasteiger partial charge is 0.260 e. The zero-order valence-electron chi connectivity index (χ0n) is 10.1. The van der Waals surface area contributed by atoms with Crippen molar-refractivity contribution in [2.24, 2.45) is 0 Å². The summed E-state index contributed by atoms with van der Waals surface area (Å²) in [6, 6.07) is 3.08. The van der Waals surface area contributed by atoms with E-state index in [4.69, 9.17) is 5.11 Å². The van der Waals surface area contributed by atoms with Gasteiger partial charge in [0.1, 0.15) is 0 Å². The summed E-state index contributed by atoms with van der Waals surface area (Å²) in [6.45, 7) is -0.136. The average Bonchev–Trinajstić information content (AvgIpc) is 2.91. The van der Waals surface area contributed by atoms with E-state index in [2.05, 4.69) is 4.98 Å². The van der Waals surface area contributed by atoms with Crippen LogP contribution in [-0.2, 0) is 16.6 Å². The first-order chi connectivity index (χ1) is 8.55. The SMILES string of the molecule is CN(C1CCSC1)S(=O)(=O)c1ccc(CO)cn1. The molecule has 0 bridgehead atoms. The number of pyridine rings is 1. The third-order valence-corrected chi connectivity index (χ3v) is 6.01. The van der Waals surface area contributed by atoms with E-state index in [-0.39, 0.29) is 17.7 Å². The zero-order chi connectivity index (χ0) is 13.2. The number of aliphatic hydroxyl groups excluding tert-OH is 1. The molecule has 1 aliphatic rings. The van der Waals surface area contributed by atoms with Crippen molar-refractivity contribution in [2.45, 2.75) is 24.1 Å². The van der Waals surface area contributed by atoms with Crippen LogP contribution < -0.4 is 0 Å². The van der Waals surface area contributed by atoms with Crippen LogP contribution in [0.25, 0.3) is 0 Å². The molecule has 1 N–H and O–H groups in total. The number of aromatic nitrogens is 1. The van der Waals surface area contributed by atoms with Gasteiger partial charge in [-0.15, -0.1) is 0 Å². The van der Waals surface area contributed by atoms with Gasteiger partial charge in [0, 0.05) is 25.0 Å². The van der Waals surface area contributed by atoms with Crippen molar-refractivity contribution in [3.63, 3.8) is 0 Å². The summed E-state index contributed by atoms with van der Waals surface area (Å²) < 4.78 is 26.0. The van der Waals surface area contributed by atoms with Crippen LogP contribution in [0.3, 0.4) is 0 Å². The predicted molar refractivity (Wildman–Crippen MR) is 70.8 cm³/mol. The highest BCUT2D eigenvalue weighted by molar-refractivity contribution is 7.99. The molecule has 1 unspecified atom stereocenters. The molecule has 1 aliphatic heterocycles. The molecule has 2 rings (SSSR count). The van der Waals surface area contributed by atoms with Crippen LogP contribution in [0.2, 0.25) is 0 Å². The standard InChI is InChI=1S/C11H16N2O3S2/c1-13(10-4-5-17-8-10)18(15,16)11-3-2-9(7-14)6-12-11/h2-3,6,10,14H,4-5,7-8H2,1H3. The summed E-state index contributed by atoms with van der Waals surface area (Å²) in [7, 11) is -1.92. The highest BCUT2D eigenvalue weighted by Crippen LogP contribution is 2.25. The van der Waals surface area contributed by atoms with Crippen molar-refractivity contribution in [2.75, 3.05) is 18.6 Å². The van der Waals surface area contributed by atoms with E-state index in [0.717, 1.165) is 17.9 Å². The molecular weight excluding hydrogens is 272 g/mol. The number of aliphatic hydroxyl groups is 1. The van der Waals surface area contributed by atoms with Crippen LogP contribution in [0.5, 0.6) is 0 Å². The molecule has 1 aromatic heterocycles. The number of hydrogen-bond acceptors (Lipinski definition) is 5. The number of nitrogens with zero attached hydrogens (tertiary/aromatic N) is 2. The van der Waals surface area contributed by atoms with E-state index >= 15 is 0 Å². The molecular formula is C11H16N2O3S2. The Hall–Kier alpha value is -0.630. The molecule has 2 heterocycles. The van der Waals surface area contributed by atoms with Gasteiger partial charge in [0.25, 0.3) is 10.0 Å². The highest BCUT2D eigenvalue weighted by Gasteiger charge is 2.31. The lowest BCUT2D eigenvalue weighted by Gasteiger charge is -2.22. The fraction of sp³-hybridized carbons (Fsp3) is 0.545. The molecule has 1 saturated heterocycles. The van der Waals surface area contributed by atoms with Crippen LogP contribution in [-0.4, -0.2) is 47.4 Å². The molecule has 0 amide bonds. The lowest BCUT2D eigenvalue weighted by Crippen LogP contribution is -2.37. The summed E-state index contributed by atoms with van der Waals surface area (Å²) in [6.07, 6.45) is 2.28. The third-order valence-electron chi connectivity index (χ3n) is 3.04. The molecule has 0 saturated carbocycles. The van der Waals surface area contributed by atoms with Crippen molar-refractivity contribution in [1.29, 1.82) is 0 Å². The van der Waals surface area contributed by atoms with Crippen LogP contribution in [0.4, 0.5) is 0 Å². The first-order valence-corrected chi connectivity index (χ1v) is 8.27. The van der Waals surface area contributed by atoms with Crippen molar-refractivity contribution in [3.8, 4) is 0 Å². The van der Waals surface area contributed by atoms with Crippen LogP contribution in [0, 0.1) is 0 Å². The van der Waals surface area contributed by atoms with Gasteiger partial charge in [-0.1, -0.05) is 6.07 Å². The van der Waals surface area contributed by atoms with E-state index in [1.807, 2.05) is 0 Å². The molecule has 100 valence electrons. The fourth-order valence-corrected chi connectivity index (χ4v) is 4.47. The number of hydrogen-bond donors (Lipinski definition) is 1. The maximum absolute atomic E-state index is 12.3. The minimum atomic E-state index is -3.52. The number of rotatable bonds is 4. The van der Waals surface area contributed by atoms with E-state index in [1.54, 1.807) is 24.9 Å². The van der Waals surface area contributed by atoms with Crippen molar-refractivity contribution in [3.05, 3.63) is 23.9 Å². The molecule has 0 spiro atoms. The Morgan fingerprint density at radius 3 is 2.83 bits per heavy atom. The summed E-state index contributed by atoms with van der Waals surface area (Å²) >= 11 is 1.77. The first-order valence-electron chi connectivity index (χ1n) is 5.67. The second kappa shape index (κ2) is 5.56. The molecule has 0 aliphatic carbocycles. The highest BCUT2D eigenvalue weighted by atomic mass is 32.2. The number of thioether (sulfide) groups is 1. The van der Waals surface area contributed by atoms with Crippen LogP contribution in [0.1, 0.15) is 12.0 Å². The maximum atomic E-state index is 12.3. The lowest BCUT2D eigenvalue weighted by atomic mass is 10.3. The Morgan fingerprint density at radius 2 is 2.33 bits per heavy atom. The second-order valence-electron chi connectivity index (χ2n) is 4.20. The predicted octanol–water partition coefficient (Wildman–Crippen LogP) is 0.700. The Morgan fingerprint density at radius 1 is 1.56 bits per heavy atom. The molecule has 18 heavy (non-hydrogen) atoms. The van der Waals surface area contributed by atoms with E-state index < -0.39 is 10.0 Å². The van der Waals surface area contributed by atoms with Gasteiger partial charge in [0.2, 0.25) is 0 Å². The van der Waals surface area contributed by atoms with Crippen molar-refractivity contribution < 1.29 is 13.5 Å². The quantitative estimate of drug-likeness (QED) is 0.883. The van der Waals surface area contributed by atoms with Gasteiger partial charge in [0.15, 0.2) is 5.03 Å². The van der Waals surface area contributed by atoms with Gasteiger partial charge in [-0.2, -0.15) is 16.1 Å². The van der Waals surface area contributed by atoms with Gasteiger partial charge in [-0.3, -0.25) is 0 Å². The lowest BCUT2D eigenvalue weighted by molar-refractivity contribution is 0.281. The molecule has 1 aromatic rings. The Balaban J connectivity index is 2.23. The van der Waals surface area contributed by atoms with Crippen molar-refractivity contribution in [1.82, 2.24) is 9.29 Å². The first kappa shape index (κ1) is 13.8. The van der Waals surface area contributed by atoms with Crippen molar-refractivity contribution >= 4 is 21.8 Å². The van der Waals surface area contributed by atoms with Gasteiger partial charge >= 0.3 is 0 Å². The van der Waals surface area contributed by atoms with Crippen LogP contribution in [0.15, 0.2) is 23.4 Å². The second-order valence-corrected chi connectivity index (χ2v) is 7.30. The molecule has 7 heteroatoms.